The van der Waals surface area contributed by atoms with E-state index in [4.69, 9.17) is 18.7 Å². The zero-order chi connectivity index (χ0) is 30.2. The lowest BCUT2D eigenvalue weighted by Crippen LogP contribution is -2.61. The standard InChI is InChI=1S/C15H25N2O20P3/c18-3-5-9(12(37-40(29,30)31)13(32-5)17-2-1-7(20)16-15(17)22)34-14-8(21)11(36-39(26,27)28)10(6(4-19)33-14)35-38(23,24)25/h1-2,5-6,8-14,18-19,21H,3-4H2,(H,16,20,22)(H2,23,24,25)(H2,26,27,28)(H2,29,30,31)/t5-,6-,8-,9-,10-,11-,12-,13-,14-/m1/s1. The summed E-state index contributed by atoms with van der Waals surface area (Å²) in [5, 5.41) is 30.2. The van der Waals surface area contributed by atoms with Crippen LogP contribution in [0.25, 0.3) is 0 Å². The van der Waals surface area contributed by atoms with Crippen LogP contribution in [-0.2, 0) is 41.5 Å². The summed E-state index contributed by atoms with van der Waals surface area (Å²) >= 11 is 0. The van der Waals surface area contributed by atoms with Crippen molar-refractivity contribution in [3.8, 4) is 0 Å². The summed E-state index contributed by atoms with van der Waals surface area (Å²) < 4.78 is 64.9. The maximum atomic E-state index is 12.3. The molecule has 0 radical (unpaired) electrons. The van der Waals surface area contributed by atoms with E-state index in [0.717, 1.165) is 12.3 Å². The molecule has 0 spiro atoms. The lowest BCUT2D eigenvalue weighted by Gasteiger charge is -2.44. The first kappa shape index (κ1) is 33.3. The van der Waals surface area contributed by atoms with Gasteiger partial charge in [-0.1, -0.05) is 0 Å². The minimum atomic E-state index is -5.54. The van der Waals surface area contributed by atoms with Crippen molar-refractivity contribution in [2.75, 3.05) is 13.2 Å². The van der Waals surface area contributed by atoms with Gasteiger partial charge in [-0.2, -0.15) is 0 Å². The summed E-state index contributed by atoms with van der Waals surface area (Å²) in [4.78, 5) is 81.3. The number of rotatable bonds is 11. The normalized spacial score (nSPS) is 33.8. The number of aliphatic hydroxyl groups is 3. The van der Waals surface area contributed by atoms with E-state index in [1.807, 2.05) is 4.98 Å². The molecule has 230 valence electrons. The van der Waals surface area contributed by atoms with Crippen molar-refractivity contribution in [3.05, 3.63) is 33.1 Å². The van der Waals surface area contributed by atoms with Crippen LogP contribution in [-0.4, -0.2) is 116 Å². The number of hydrogen-bond donors (Lipinski definition) is 10. The molecule has 1 aromatic rings. The summed E-state index contributed by atoms with van der Waals surface area (Å²) in [6, 6.07) is 0.840. The second kappa shape index (κ2) is 12.6. The van der Waals surface area contributed by atoms with Crippen LogP contribution in [0.1, 0.15) is 6.23 Å². The van der Waals surface area contributed by atoms with Crippen molar-refractivity contribution in [1.29, 1.82) is 0 Å². The largest absolute Gasteiger partial charge is 0.470 e. The van der Waals surface area contributed by atoms with E-state index in [-0.39, 0.29) is 0 Å². The molecule has 2 aliphatic rings. The van der Waals surface area contributed by atoms with Crippen molar-refractivity contribution < 1.29 is 86.2 Å². The first-order chi connectivity index (χ1) is 18.3. The number of phosphoric acid groups is 3. The van der Waals surface area contributed by atoms with Gasteiger partial charge in [-0.05, 0) is 0 Å². The van der Waals surface area contributed by atoms with Gasteiger partial charge >= 0.3 is 29.2 Å². The van der Waals surface area contributed by atoms with Gasteiger partial charge in [0.25, 0.3) is 5.56 Å². The lowest BCUT2D eigenvalue weighted by atomic mass is 9.99. The van der Waals surface area contributed by atoms with Gasteiger partial charge in [0.05, 0.1) is 13.2 Å². The van der Waals surface area contributed by atoms with E-state index in [9.17, 15) is 68.0 Å². The molecule has 0 amide bonds. The van der Waals surface area contributed by atoms with E-state index >= 15 is 0 Å². The molecular formula is C15H25N2O20P3. The molecule has 0 bridgehead atoms. The number of phosphoric ester groups is 3. The topological polar surface area (TPSA) is 344 Å². The molecule has 0 unspecified atom stereocenters. The Kier molecular flexibility index (Phi) is 10.4. The summed E-state index contributed by atoms with van der Waals surface area (Å²) in [6.07, 6.45) is -17.5. The highest BCUT2D eigenvalue weighted by molar-refractivity contribution is 7.46. The monoisotopic (exact) mass is 646 g/mol. The number of aromatic amines is 1. The van der Waals surface area contributed by atoms with Crippen molar-refractivity contribution in [2.24, 2.45) is 0 Å². The lowest BCUT2D eigenvalue weighted by molar-refractivity contribution is -0.313. The zero-order valence-electron chi connectivity index (χ0n) is 19.6. The fourth-order valence-corrected chi connectivity index (χ4v) is 5.69. The Morgan fingerprint density at radius 2 is 1.30 bits per heavy atom. The number of nitrogens with one attached hydrogen (secondary N) is 1. The molecule has 40 heavy (non-hydrogen) atoms. The number of hydrogen-bond acceptors (Lipinski definition) is 14. The first-order valence-corrected chi connectivity index (χ1v) is 15.3. The van der Waals surface area contributed by atoms with Crippen LogP contribution in [0.2, 0.25) is 0 Å². The highest BCUT2D eigenvalue weighted by atomic mass is 31.2. The maximum Gasteiger partial charge on any atom is 0.470 e. The Hall–Kier alpha value is -1.23. The fourth-order valence-electron chi connectivity index (χ4n) is 4.01. The molecule has 1 aromatic heterocycles. The highest BCUT2D eigenvalue weighted by Gasteiger charge is 2.56. The smallest absolute Gasteiger partial charge is 0.394 e. The van der Waals surface area contributed by atoms with Gasteiger partial charge in [-0.3, -0.25) is 27.9 Å². The Bertz CT molecular complexity index is 1280. The van der Waals surface area contributed by atoms with Crippen molar-refractivity contribution >= 4 is 23.5 Å². The number of nitrogens with zero attached hydrogens (tertiary/aromatic N) is 1. The van der Waals surface area contributed by atoms with E-state index in [1.54, 1.807) is 0 Å². The molecule has 0 aromatic carbocycles. The molecule has 22 nitrogen and oxygen atoms in total. The number of ether oxygens (including phenoxy) is 3. The van der Waals surface area contributed by atoms with Crippen LogP contribution in [0.3, 0.4) is 0 Å². The number of aromatic nitrogens is 2. The number of aliphatic hydroxyl groups excluding tert-OH is 3. The quantitative estimate of drug-likeness (QED) is 0.101. The predicted octanol–water partition coefficient (Wildman–Crippen LogP) is -4.68. The molecule has 2 aliphatic heterocycles. The predicted molar refractivity (Wildman–Crippen MR) is 120 cm³/mol. The fraction of sp³-hybridized carbons (Fsp3) is 0.733. The molecule has 25 heteroatoms. The molecule has 10 N–H and O–H groups in total. The molecule has 3 rings (SSSR count). The van der Waals surface area contributed by atoms with Gasteiger partial charge < -0.3 is 58.9 Å². The van der Waals surface area contributed by atoms with Crippen LogP contribution in [0.15, 0.2) is 21.9 Å². The van der Waals surface area contributed by atoms with Gasteiger partial charge in [0, 0.05) is 12.3 Å². The Balaban J connectivity index is 2.01. The third-order valence-corrected chi connectivity index (χ3v) is 7.01. The van der Waals surface area contributed by atoms with Gasteiger partial charge in [-0.15, -0.1) is 0 Å². The molecule has 3 heterocycles. The van der Waals surface area contributed by atoms with Crippen molar-refractivity contribution in [3.63, 3.8) is 0 Å². The highest BCUT2D eigenvalue weighted by Crippen LogP contribution is 2.48. The van der Waals surface area contributed by atoms with Gasteiger partial charge in [0.15, 0.2) is 12.5 Å². The summed E-state index contributed by atoms with van der Waals surface area (Å²) in [6.45, 7) is -2.15. The van der Waals surface area contributed by atoms with Crippen molar-refractivity contribution in [2.45, 2.75) is 55.2 Å². The average molecular weight is 646 g/mol. The van der Waals surface area contributed by atoms with Gasteiger partial charge in [-0.25, -0.2) is 18.5 Å². The average Bonchev–Trinajstić information content (AvgIpc) is 3.11. The van der Waals surface area contributed by atoms with Gasteiger partial charge in [0.2, 0.25) is 0 Å². The third kappa shape index (κ3) is 8.42. The van der Waals surface area contributed by atoms with Crippen LogP contribution in [0, 0.1) is 0 Å². The van der Waals surface area contributed by atoms with Crippen molar-refractivity contribution in [1.82, 2.24) is 9.55 Å². The van der Waals surface area contributed by atoms with E-state index < -0.39 is 103 Å². The second-order valence-corrected chi connectivity index (χ2v) is 11.8. The summed E-state index contributed by atoms with van der Waals surface area (Å²) in [7, 11) is -16.4. The molecule has 2 fully saturated rings. The van der Waals surface area contributed by atoms with E-state index in [0.29, 0.717) is 4.57 Å². The molecule has 2 saturated heterocycles. The molecule has 0 saturated carbocycles. The summed E-state index contributed by atoms with van der Waals surface area (Å²) in [5.41, 5.74) is -1.99. The van der Waals surface area contributed by atoms with Crippen LogP contribution < -0.4 is 11.2 Å². The number of H-pyrrole nitrogens is 1. The van der Waals surface area contributed by atoms with E-state index in [1.165, 1.54) is 0 Å². The summed E-state index contributed by atoms with van der Waals surface area (Å²) in [5.74, 6) is 0. The molecule has 9 atom stereocenters. The Morgan fingerprint density at radius 1 is 0.800 bits per heavy atom. The SMILES string of the molecule is O=c1ccn([C@@H]2O[C@H](CO)[C@@H](O[C@H]3O[C@H](CO)[C@@H](OP(=O)(O)O)[C@H](OP(=O)(O)O)[C@H]3O)[C@H]2OP(=O)(O)O)c(=O)[nH]1. The molecular weight excluding hydrogens is 621 g/mol. The zero-order valence-corrected chi connectivity index (χ0v) is 22.3. The van der Waals surface area contributed by atoms with E-state index in [2.05, 4.69) is 9.05 Å². The van der Waals surface area contributed by atoms with Crippen LogP contribution in [0.4, 0.5) is 0 Å². The molecule has 0 aliphatic carbocycles. The van der Waals surface area contributed by atoms with Gasteiger partial charge in [0.1, 0.15) is 42.7 Å². The maximum absolute atomic E-state index is 12.3. The van der Waals surface area contributed by atoms with Crippen LogP contribution in [0.5, 0.6) is 0 Å². The second-order valence-electron chi connectivity index (χ2n) is 8.26. The first-order valence-electron chi connectivity index (χ1n) is 10.7. The Morgan fingerprint density at radius 3 is 1.80 bits per heavy atom. The minimum Gasteiger partial charge on any atom is -0.394 e. The van der Waals surface area contributed by atoms with Crippen LogP contribution >= 0.6 is 23.5 Å². The third-order valence-electron chi connectivity index (χ3n) is 5.45. The minimum absolute atomic E-state index is 0.617. The Labute approximate surface area is 221 Å².